The Kier molecular flexibility index (Phi) is 5.03. The molecular weight excluding hydrogens is 232 g/mol. The van der Waals surface area contributed by atoms with Crippen molar-refractivity contribution in [3.05, 3.63) is 5.82 Å². The van der Waals surface area contributed by atoms with Gasteiger partial charge < -0.3 is 4.74 Å². The van der Waals surface area contributed by atoms with Gasteiger partial charge in [0.15, 0.2) is 5.82 Å². The molecule has 2 unspecified atom stereocenters. The largest absolute Gasteiger partial charge is 0.378 e. The van der Waals surface area contributed by atoms with Gasteiger partial charge in [-0.3, -0.25) is 11.3 Å². The fraction of sp³-hybridized carbons (Fsp3) is 0.909. The molecule has 1 aromatic heterocycles. The van der Waals surface area contributed by atoms with Gasteiger partial charge in [-0.15, -0.1) is 10.2 Å². The maximum absolute atomic E-state index is 5.71. The van der Waals surface area contributed by atoms with Crippen LogP contribution in [0.4, 0.5) is 0 Å². The highest BCUT2D eigenvalue weighted by Gasteiger charge is 2.17. The van der Waals surface area contributed by atoms with Crippen molar-refractivity contribution in [3.63, 3.8) is 0 Å². The molecule has 0 radical (unpaired) electrons. The van der Waals surface area contributed by atoms with Gasteiger partial charge in [-0.05, 0) is 37.3 Å². The van der Waals surface area contributed by atoms with E-state index in [-0.39, 0.29) is 6.04 Å². The second-order valence-corrected chi connectivity index (χ2v) is 4.83. The fourth-order valence-corrected chi connectivity index (χ4v) is 2.29. The van der Waals surface area contributed by atoms with Crippen LogP contribution < -0.4 is 11.3 Å². The predicted molar refractivity (Wildman–Crippen MR) is 66.4 cm³/mol. The molecule has 7 nitrogen and oxygen atoms in total. The van der Waals surface area contributed by atoms with Crippen LogP contribution in [0.5, 0.6) is 0 Å². The van der Waals surface area contributed by atoms with E-state index in [9.17, 15) is 0 Å². The van der Waals surface area contributed by atoms with Gasteiger partial charge in [0.2, 0.25) is 0 Å². The van der Waals surface area contributed by atoms with Gasteiger partial charge in [0.05, 0.1) is 13.2 Å². The predicted octanol–water partition coefficient (Wildman–Crippen LogP) is -0.0662. The van der Waals surface area contributed by atoms with Crippen molar-refractivity contribution in [1.82, 2.24) is 25.6 Å². The topological polar surface area (TPSA) is 90.9 Å². The van der Waals surface area contributed by atoms with Crippen LogP contribution in [0, 0.1) is 0 Å². The van der Waals surface area contributed by atoms with Gasteiger partial charge in [-0.25, -0.2) is 0 Å². The smallest absolute Gasteiger partial charge is 0.176 e. The maximum Gasteiger partial charge on any atom is 0.176 e. The van der Waals surface area contributed by atoms with E-state index in [1.54, 1.807) is 7.05 Å². The molecular formula is C11H22N6O. The second kappa shape index (κ2) is 6.77. The molecule has 0 saturated carbocycles. The highest BCUT2D eigenvalue weighted by atomic mass is 16.5. The second-order valence-electron chi connectivity index (χ2n) is 4.83. The minimum absolute atomic E-state index is 0.180. The standard InChI is InChI=1S/C11H22N6O/c1-17-15-11(14-16-17)8-9(13-12)5-6-10-4-2-3-7-18-10/h9-10,13H,2-8,12H2,1H3. The Balaban J connectivity index is 1.74. The third kappa shape index (κ3) is 4.01. The number of hydrogen-bond acceptors (Lipinski definition) is 6. The van der Waals surface area contributed by atoms with Crippen molar-refractivity contribution in [1.29, 1.82) is 0 Å². The zero-order valence-electron chi connectivity index (χ0n) is 10.9. The van der Waals surface area contributed by atoms with E-state index in [4.69, 9.17) is 10.6 Å². The highest BCUT2D eigenvalue weighted by Crippen LogP contribution is 2.18. The van der Waals surface area contributed by atoms with Crippen LogP contribution in [0.2, 0.25) is 0 Å². The van der Waals surface area contributed by atoms with Crippen LogP contribution in [0.3, 0.4) is 0 Å². The molecule has 0 spiro atoms. The molecule has 0 amide bonds. The first-order chi connectivity index (χ1) is 8.78. The molecule has 3 N–H and O–H groups in total. The van der Waals surface area contributed by atoms with Gasteiger partial charge in [0, 0.05) is 19.1 Å². The normalized spacial score (nSPS) is 22.0. The van der Waals surface area contributed by atoms with E-state index >= 15 is 0 Å². The fourth-order valence-electron chi connectivity index (χ4n) is 2.29. The summed E-state index contributed by atoms with van der Waals surface area (Å²) in [5.41, 5.74) is 2.83. The maximum atomic E-state index is 5.71. The summed E-state index contributed by atoms with van der Waals surface area (Å²) in [6, 6.07) is 0.180. The van der Waals surface area contributed by atoms with Crippen LogP contribution in [0.15, 0.2) is 0 Å². The number of ether oxygens (including phenoxy) is 1. The quantitative estimate of drug-likeness (QED) is 0.545. The van der Waals surface area contributed by atoms with Gasteiger partial charge in [0.1, 0.15) is 0 Å². The average molecular weight is 254 g/mol. The van der Waals surface area contributed by atoms with Gasteiger partial charge in [-0.1, -0.05) is 0 Å². The lowest BCUT2D eigenvalue weighted by Gasteiger charge is -2.24. The van der Waals surface area contributed by atoms with Gasteiger partial charge >= 0.3 is 0 Å². The van der Waals surface area contributed by atoms with Crippen molar-refractivity contribution in [2.45, 2.75) is 50.7 Å². The Morgan fingerprint density at radius 1 is 1.56 bits per heavy atom. The third-order valence-electron chi connectivity index (χ3n) is 3.33. The molecule has 1 fully saturated rings. The van der Waals surface area contributed by atoms with E-state index in [1.807, 2.05) is 0 Å². The van der Waals surface area contributed by atoms with Crippen LogP contribution >= 0.6 is 0 Å². The molecule has 18 heavy (non-hydrogen) atoms. The van der Waals surface area contributed by atoms with Crippen molar-refractivity contribution < 1.29 is 4.74 Å². The van der Waals surface area contributed by atoms with E-state index in [0.717, 1.165) is 25.3 Å². The molecule has 2 atom stereocenters. The Bertz CT molecular complexity index is 349. The molecule has 1 saturated heterocycles. The summed E-state index contributed by atoms with van der Waals surface area (Å²) in [5.74, 6) is 6.30. The van der Waals surface area contributed by atoms with Gasteiger partial charge in [-0.2, -0.15) is 4.80 Å². The Morgan fingerprint density at radius 2 is 2.44 bits per heavy atom. The van der Waals surface area contributed by atoms with Crippen LogP contribution in [0.1, 0.15) is 37.9 Å². The van der Waals surface area contributed by atoms with Crippen LogP contribution in [-0.2, 0) is 18.2 Å². The highest BCUT2D eigenvalue weighted by molar-refractivity contribution is 4.84. The molecule has 2 heterocycles. The first-order valence-electron chi connectivity index (χ1n) is 6.58. The number of nitrogens with two attached hydrogens (primary N) is 1. The molecule has 0 bridgehead atoms. The average Bonchev–Trinajstić information content (AvgIpc) is 2.81. The van der Waals surface area contributed by atoms with E-state index < -0.39 is 0 Å². The lowest BCUT2D eigenvalue weighted by atomic mass is 10.0. The van der Waals surface area contributed by atoms with Crippen molar-refractivity contribution in [2.24, 2.45) is 12.9 Å². The summed E-state index contributed by atoms with van der Waals surface area (Å²) < 4.78 is 5.71. The number of nitrogens with zero attached hydrogens (tertiary/aromatic N) is 4. The zero-order valence-corrected chi connectivity index (χ0v) is 10.9. The van der Waals surface area contributed by atoms with Gasteiger partial charge in [0.25, 0.3) is 0 Å². The number of hydrazine groups is 1. The first kappa shape index (κ1) is 13.4. The Hall–Kier alpha value is -1.05. The van der Waals surface area contributed by atoms with Crippen molar-refractivity contribution in [2.75, 3.05) is 6.61 Å². The number of tetrazole rings is 1. The summed E-state index contributed by atoms with van der Waals surface area (Å²) >= 11 is 0. The minimum atomic E-state index is 0.180. The molecule has 1 aliphatic heterocycles. The molecule has 2 rings (SSSR count). The van der Waals surface area contributed by atoms with E-state index in [2.05, 4.69) is 20.8 Å². The summed E-state index contributed by atoms with van der Waals surface area (Å²) in [4.78, 5) is 1.47. The number of aromatic nitrogens is 4. The Morgan fingerprint density at radius 3 is 3.06 bits per heavy atom. The molecule has 0 aliphatic carbocycles. The number of aryl methyl sites for hydroxylation is 1. The molecule has 0 aromatic carbocycles. The minimum Gasteiger partial charge on any atom is -0.378 e. The Labute approximate surface area is 107 Å². The zero-order chi connectivity index (χ0) is 12.8. The molecule has 1 aromatic rings. The summed E-state index contributed by atoms with van der Waals surface area (Å²) in [6.07, 6.45) is 6.74. The van der Waals surface area contributed by atoms with Crippen LogP contribution in [-0.4, -0.2) is 39.0 Å². The lowest BCUT2D eigenvalue weighted by molar-refractivity contribution is 0.00855. The molecule has 7 heteroatoms. The summed E-state index contributed by atoms with van der Waals surface area (Å²) in [7, 11) is 1.76. The van der Waals surface area contributed by atoms with Crippen molar-refractivity contribution >= 4 is 0 Å². The monoisotopic (exact) mass is 254 g/mol. The summed E-state index contributed by atoms with van der Waals surface area (Å²) in [6.45, 7) is 0.900. The SMILES string of the molecule is Cn1nnc(CC(CCC2CCCCO2)NN)n1. The third-order valence-corrected chi connectivity index (χ3v) is 3.33. The first-order valence-corrected chi connectivity index (χ1v) is 6.58. The van der Waals surface area contributed by atoms with Crippen molar-refractivity contribution in [3.8, 4) is 0 Å². The van der Waals surface area contributed by atoms with E-state index in [0.29, 0.717) is 12.5 Å². The number of hydrogen-bond donors (Lipinski definition) is 2. The number of nitrogens with one attached hydrogen (secondary N) is 1. The van der Waals surface area contributed by atoms with Crippen LogP contribution in [0.25, 0.3) is 0 Å². The lowest BCUT2D eigenvalue weighted by Crippen LogP contribution is -2.38. The van der Waals surface area contributed by atoms with E-state index in [1.165, 1.54) is 24.1 Å². The molecule has 102 valence electrons. The summed E-state index contributed by atoms with van der Waals surface area (Å²) in [5, 5.41) is 12.0. The molecule has 1 aliphatic rings. The number of rotatable bonds is 6.